The van der Waals surface area contributed by atoms with Gasteiger partial charge in [0.15, 0.2) is 0 Å². The lowest BCUT2D eigenvalue weighted by molar-refractivity contribution is 0.141. The van der Waals surface area contributed by atoms with Crippen molar-refractivity contribution in [3.05, 3.63) is 78.0 Å². The molecule has 23 heavy (non-hydrogen) atoms. The summed E-state index contributed by atoms with van der Waals surface area (Å²) in [6.07, 6.45) is 0.614. The maximum absolute atomic E-state index is 11.1. The van der Waals surface area contributed by atoms with Gasteiger partial charge in [-0.1, -0.05) is 60.7 Å². The van der Waals surface area contributed by atoms with Gasteiger partial charge in [-0.2, -0.15) is 0 Å². The van der Waals surface area contributed by atoms with E-state index in [1.807, 2.05) is 78.4 Å². The molecule has 0 saturated heterocycles. The van der Waals surface area contributed by atoms with Gasteiger partial charge in [-0.3, -0.25) is 0 Å². The highest BCUT2D eigenvalue weighted by Crippen LogP contribution is 2.35. The number of carbonyl (C=O) groups is 1. The maximum Gasteiger partial charge on any atom is 0.512 e. The molecule has 1 heterocycles. The summed E-state index contributed by atoms with van der Waals surface area (Å²) in [5.41, 5.74) is 3.80. The minimum atomic E-state index is -1.31. The van der Waals surface area contributed by atoms with Crippen molar-refractivity contribution in [2.75, 3.05) is 0 Å². The van der Waals surface area contributed by atoms with Crippen molar-refractivity contribution in [3.8, 4) is 17.0 Å². The Balaban J connectivity index is 2.08. The molecule has 3 rings (SSSR count). The van der Waals surface area contributed by atoms with Gasteiger partial charge in [0.1, 0.15) is 0 Å². The topological polar surface area (TPSA) is 51.5 Å². The minimum Gasteiger partial charge on any atom is -0.449 e. The highest BCUT2D eigenvalue weighted by atomic mass is 16.7. The van der Waals surface area contributed by atoms with Gasteiger partial charge in [0.25, 0.3) is 0 Å². The van der Waals surface area contributed by atoms with Gasteiger partial charge in [-0.05, 0) is 23.6 Å². The average Bonchev–Trinajstić information content (AvgIpc) is 2.84. The third-order valence-corrected chi connectivity index (χ3v) is 3.66. The van der Waals surface area contributed by atoms with Gasteiger partial charge < -0.3 is 14.4 Å². The predicted molar refractivity (Wildman–Crippen MR) is 88.8 cm³/mol. The second-order valence-electron chi connectivity index (χ2n) is 5.34. The Kier molecular flexibility index (Phi) is 4.15. The van der Waals surface area contributed by atoms with Crippen LogP contribution in [0.25, 0.3) is 11.1 Å². The summed E-state index contributed by atoms with van der Waals surface area (Å²) in [7, 11) is 0. The van der Waals surface area contributed by atoms with E-state index in [1.54, 1.807) is 0 Å². The van der Waals surface area contributed by atoms with Gasteiger partial charge in [-0.15, -0.1) is 0 Å². The Bertz CT molecular complexity index is 807. The van der Waals surface area contributed by atoms with E-state index in [0.717, 1.165) is 22.3 Å². The minimum absolute atomic E-state index is 0.352. The van der Waals surface area contributed by atoms with E-state index in [-0.39, 0.29) is 0 Å². The molecular weight excluding hydrogens is 290 g/mol. The van der Waals surface area contributed by atoms with Gasteiger partial charge in [0.2, 0.25) is 5.88 Å². The normalized spacial score (nSPS) is 10.5. The van der Waals surface area contributed by atoms with Crippen molar-refractivity contribution in [1.82, 2.24) is 4.57 Å². The summed E-state index contributed by atoms with van der Waals surface area (Å²) >= 11 is 0. The zero-order valence-electron chi connectivity index (χ0n) is 12.8. The van der Waals surface area contributed by atoms with Crippen molar-refractivity contribution in [2.45, 2.75) is 13.5 Å². The number of hydrogen-bond acceptors (Lipinski definition) is 2. The number of aromatic nitrogens is 1. The monoisotopic (exact) mass is 307 g/mol. The molecule has 0 amide bonds. The van der Waals surface area contributed by atoms with Gasteiger partial charge in [-0.25, -0.2) is 4.79 Å². The highest BCUT2D eigenvalue weighted by Gasteiger charge is 2.19. The molecule has 0 radical (unpaired) electrons. The molecule has 0 atom stereocenters. The zero-order chi connectivity index (χ0) is 16.2. The number of carboxylic acid groups (broad SMARTS) is 1. The Labute approximate surface area is 134 Å². The van der Waals surface area contributed by atoms with E-state index < -0.39 is 6.16 Å². The van der Waals surface area contributed by atoms with E-state index in [1.165, 1.54) is 0 Å². The fourth-order valence-electron chi connectivity index (χ4n) is 2.72. The average molecular weight is 307 g/mol. The van der Waals surface area contributed by atoms with Crippen LogP contribution in [-0.4, -0.2) is 15.8 Å². The third-order valence-electron chi connectivity index (χ3n) is 3.66. The van der Waals surface area contributed by atoms with Crippen molar-refractivity contribution in [1.29, 1.82) is 0 Å². The molecule has 0 bridgehead atoms. The predicted octanol–water partition coefficient (Wildman–Crippen LogP) is 4.57. The van der Waals surface area contributed by atoms with E-state index in [9.17, 15) is 4.79 Å². The van der Waals surface area contributed by atoms with Crippen molar-refractivity contribution in [3.63, 3.8) is 0 Å². The fourth-order valence-corrected chi connectivity index (χ4v) is 2.72. The molecule has 4 heteroatoms. The van der Waals surface area contributed by atoms with Gasteiger partial charge in [0.05, 0.1) is 6.54 Å². The first-order chi connectivity index (χ1) is 11.1. The molecule has 1 N–H and O–H groups in total. The molecular formula is C19H17NO3. The van der Waals surface area contributed by atoms with Gasteiger partial charge >= 0.3 is 6.16 Å². The first-order valence-corrected chi connectivity index (χ1v) is 7.35. The lowest BCUT2D eigenvalue weighted by Gasteiger charge is -2.10. The molecule has 0 unspecified atom stereocenters. The Morgan fingerprint density at radius 3 is 2.26 bits per heavy atom. The number of ether oxygens (including phenoxy) is 1. The number of benzene rings is 2. The molecule has 0 aliphatic rings. The number of nitrogens with zero attached hydrogens (tertiary/aromatic N) is 1. The van der Waals surface area contributed by atoms with Crippen molar-refractivity contribution < 1.29 is 14.6 Å². The lowest BCUT2D eigenvalue weighted by Crippen LogP contribution is -2.09. The summed E-state index contributed by atoms with van der Waals surface area (Å²) in [5.74, 6) is 0.352. The summed E-state index contributed by atoms with van der Waals surface area (Å²) < 4.78 is 6.94. The summed E-state index contributed by atoms with van der Waals surface area (Å²) in [4.78, 5) is 11.1. The molecule has 0 fully saturated rings. The standard InChI is InChI=1S/C19H17NO3/c1-14-12-20(13-15-8-4-2-5-9-15)18(23-19(21)22)17(14)16-10-6-3-7-11-16/h2-12H,13H2,1H3,(H,21,22). The van der Waals surface area contributed by atoms with Crippen LogP contribution in [0.4, 0.5) is 4.79 Å². The molecule has 0 aliphatic heterocycles. The summed E-state index contributed by atoms with van der Waals surface area (Å²) in [6.45, 7) is 2.51. The Morgan fingerprint density at radius 1 is 1.04 bits per heavy atom. The zero-order valence-corrected chi connectivity index (χ0v) is 12.8. The van der Waals surface area contributed by atoms with Gasteiger partial charge in [0, 0.05) is 11.8 Å². The first kappa shape index (κ1) is 14.9. The molecule has 116 valence electrons. The Morgan fingerprint density at radius 2 is 1.65 bits per heavy atom. The van der Waals surface area contributed by atoms with Crippen molar-refractivity contribution >= 4 is 6.16 Å². The first-order valence-electron chi connectivity index (χ1n) is 7.35. The molecule has 1 aromatic heterocycles. The van der Waals surface area contributed by atoms with Crippen LogP contribution in [0.5, 0.6) is 5.88 Å². The molecule has 2 aromatic carbocycles. The smallest absolute Gasteiger partial charge is 0.449 e. The number of hydrogen-bond donors (Lipinski definition) is 1. The summed E-state index contributed by atoms with van der Waals surface area (Å²) in [5, 5.41) is 9.10. The number of rotatable bonds is 4. The SMILES string of the molecule is Cc1cn(Cc2ccccc2)c(OC(=O)O)c1-c1ccccc1. The second-order valence-corrected chi connectivity index (χ2v) is 5.34. The van der Waals surface area contributed by atoms with Crippen LogP contribution in [0.15, 0.2) is 66.9 Å². The van der Waals surface area contributed by atoms with E-state index in [2.05, 4.69) is 0 Å². The van der Waals surface area contributed by atoms with Crippen LogP contribution in [-0.2, 0) is 6.54 Å². The highest BCUT2D eigenvalue weighted by molar-refractivity contribution is 5.76. The molecule has 0 aliphatic carbocycles. The van der Waals surface area contributed by atoms with Crippen LogP contribution < -0.4 is 4.74 Å². The maximum atomic E-state index is 11.1. The van der Waals surface area contributed by atoms with E-state index >= 15 is 0 Å². The van der Waals surface area contributed by atoms with Crippen LogP contribution in [0.3, 0.4) is 0 Å². The lowest BCUT2D eigenvalue weighted by atomic mass is 10.1. The molecule has 4 nitrogen and oxygen atoms in total. The van der Waals surface area contributed by atoms with Crippen molar-refractivity contribution in [2.24, 2.45) is 0 Å². The summed E-state index contributed by atoms with van der Waals surface area (Å²) in [6, 6.07) is 19.6. The third kappa shape index (κ3) is 3.26. The van der Waals surface area contributed by atoms with Crippen LogP contribution in [0, 0.1) is 6.92 Å². The molecule has 0 spiro atoms. The number of aryl methyl sites for hydroxylation is 1. The van der Waals surface area contributed by atoms with E-state index in [0.29, 0.717) is 12.4 Å². The van der Waals surface area contributed by atoms with E-state index in [4.69, 9.17) is 9.84 Å². The van der Waals surface area contributed by atoms with Crippen LogP contribution >= 0.6 is 0 Å². The second kappa shape index (κ2) is 6.40. The fraction of sp³-hybridized carbons (Fsp3) is 0.105. The van der Waals surface area contributed by atoms with Crippen LogP contribution in [0.2, 0.25) is 0 Å². The Hall–Kier alpha value is -3.01. The quantitative estimate of drug-likeness (QED) is 0.718. The molecule has 3 aromatic rings. The largest absolute Gasteiger partial charge is 0.512 e. The molecule has 0 saturated carbocycles. The van der Waals surface area contributed by atoms with Crippen LogP contribution in [0.1, 0.15) is 11.1 Å².